The lowest BCUT2D eigenvalue weighted by molar-refractivity contribution is -0.118. The van der Waals surface area contributed by atoms with E-state index in [9.17, 15) is 4.79 Å². The molecule has 3 aromatic rings. The van der Waals surface area contributed by atoms with Crippen LogP contribution in [0.1, 0.15) is 5.56 Å². The Morgan fingerprint density at radius 3 is 2.57 bits per heavy atom. The van der Waals surface area contributed by atoms with Crippen molar-refractivity contribution in [3.63, 3.8) is 0 Å². The molecule has 0 spiro atoms. The summed E-state index contributed by atoms with van der Waals surface area (Å²) in [5, 5.41) is 4.00. The van der Waals surface area contributed by atoms with Crippen LogP contribution in [0.15, 0.2) is 45.8 Å². The van der Waals surface area contributed by atoms with Gasteiger partial charge in [-0.1, -0.05) is 23.9 Å². The number of fused-ring (bicyclic) bond motifs is 1. The van der Waals surface area contributed by atoms with Crippen LogP contribution in [0.2, 0.25) is 0 Å². The van der Waals surface area contributed by atoms with Gasteiger partial charge >= 0.3 is 0 Å². The minimum atomic E-state index is -0.222. The van der Waals surface area contributed by atoms with Crippen molar-refractivity contribution >= 4 is 45.4 Å². The van der Waals surface area contributed by atoms with Gasteiger partial charge in [0.2, 0.25) is 0 Å². The van der Waals surface area contributed by atoms with Crippen LogP contribution in [0.4, 0.5) is 0 Å². The number of methoxy groups -OCH3 is 3. The molecule has 1 N–H and O–H groups in total. The van der Waals surface area contributed by atoms with E-state index >= 15 is 0 Å². The van der Waals surface area contributed by atoms with E-state index in [0.29, 0.717) is 22.8 Å². The fraction of sp³-hybridized carbons (Fsp3) is 0.211. The molecule has 9 heteroatoms. The quantitative estimate of drug-likeness (QED) is 0.343. The molecule has 7 nitrogen and oxygen atoms in total. The van der Waals surface area contributed by atoms with Crippen molar-refractivity contribution in [3.05, 3.63) is 42.0 Å². The molecular formula is C19H19N3O4S2. The number of carbonyl (C=O) groups excluding carboxylic acids is 1. The second kappa shape index (κ2) is 9.43. The van der Waals surface area contributed by atoms with Crippen LogP contribution >= 0.6 is 23.1 Å². The molecule has 0 saturated carbocycles. The first-order chi connectivity index (χ1) is 13.6. The number of hydrogen-bond donors (Lipinski definition) is 1. The molecule has 2 aromatic carbocycles. The second-order valence-corrected chi connectivity index (χ2v) is 7.73. The van der Waals surface area contributed by atoms with Crippen molar-refractivity contribution in [2.24, 2.45) is 5.10 Å². The number of rotatable bonds is 8. The van der Waals surface area contributed by atoms with Crippen molar-refractivity contribution < 1.29 is 19.0 Å². The van der Waals surface area contributed by atoms with Crippen molar-refractivity contribution in [1.29, 1.82) is 0 Å². The number of para-hydroxylation sites is 1. The van der Waals surface area contributed by atoms with Gasteiger partial charge in [-0.15, -0.1) is 11.3 Å². The molecule has 1 heterocycles. The number of ether oxygens (including phenoxy) is 3. The standard InChI is InChI=1S/C19H19N3O4S2/c1-24-14-9-16(26-3)15(25-2)8-12(14)10-20-22-18(23)11-27-19-21-13-6-4-5-7-17(13)28-19/h4-10H,11H2,1-3H3,(H,22,23)/b20-10+. The van der Waals surface area contributed by atoms with Crippen LogP contribution in [0.5, 0.6) is 17.2 Å². The van der Waals surface area contributed by atoms with Crippen LogP contribution < -0.4 is 19.6 Å². The SMILES string of the molecule is COc1cc(OC)c(OC)cc1/C=N/NC(=O)CSc1nc2ccccc2s1. The molecule has 0 fully saturated rings. The molecule has 0 aliphatic rings. The largest absolute Gasteiger partial charge is 0.496 e. The van der Waals surface area contributed by atoms with Gasteiger partial charge in [-0.2, -0.15) is 5.10 Å². The third kappa shape index (κ3) is 4.73. The average molecular weight is 418 g/mol. The molecule has 1 aromatic heterocycles. The van der Waals surface area contributed by atoms with Gasteiger partial charge in [-0.05, 0) is 18.2 Å². The summed E-state index contributed by atoms with van der Waals surface area (Å²) in [7, 11) is 4.65. The van der Waals surface area contributed by atoms with E-state index in [2.05, 4.69) is 15.5 Å². The van der Waals surface area contributed by atoms with Crippen LogP contribution in [0.25, 0.3) is 10.2 Å². The lowest BCUT2D eigenvalue weighted by Gasteiger charge is -2.11. The first-order valence-corrected chi connectivity index (χ1v) is 10.0. The highest BCUT2D eigenvalue weighted by Crippen LogP contribution is 2.33. The first kappa shape index (κ1) is 20.0. The highest BCUT2D eigenvalue weighted by molar-refractivity contribution is 8.01. The lowest BCUT2D eigenvalue weighted by atomic mass is 10.2. The molecule has 28 heavy (non-hydrogen) atoms. The molecule has 1 amide bonds. The summed E-state index contributed by atoms with van der Waals surface area (Å²) in [6.07, 6.45) is 1.50. The van der Waals surface area contributed by atoms with Crippen LogP contribution in [-0.4, -0.2) is 44.2 Å². The van der Waals surface area contributed by atoms with E-state index in [1.807, 2.05) is 24.3 Å². The third-order valence-corrected chi connectivity index (χ3v) is 5.91. The smallest absolute Gasteiger partial charge is 0.250 e. The highest BCUT2D eigenvalue weighted by Gasteiger charge is 2.11. The van der Waals surface area contributed by atoms with Gasteiger partial charge in [-0.3, -0.25) is 4.79 Å². The Kier molecular flexibility index (Phi) is 6.72. The van der Waals surface area contributed by atoms with Crippen molar-refractivity contribution in [2.45, 2.75) is 4.34 Å². The maximum absolute atomic E-state index is 12.1. The monoisotopic (exact) mass is 417 g/mol. The zero-order valence-electron chi connectivity index (χ0n) is 15.6. The number of hydrazone groups is 1. The zero-order valence-corrected chi connectivity index (χ0v) is 17.2. The minimum absolute atomic E-state index is 0.222. The van der Waals surface area contributed by atoms with E-state index in [1.54, 1.807) is 44.8 Å². The summed E-state index contributed by atoms with van der Waals surface area (Å²) in [6.45, 7) is 0. The predicted molar refractivity (Wildman–Crippen MR) is 112 cm³/mol. The van der Waals surface area contributed by atoms with Crippen LogP contribution in [0.3, 0.4) is 0 Å². The van der Waals surface area contributed by atoms with Gasteiger partial charge in [0, 0.05) is 11.6 Å². The molecule has 3 rings (SSSR count). The number of aromatic nitrogens is 1. The summed E-state index contributed by atoms with van der Waals surface area (Å²) in [5.41, 5.74) is 4.10. The van der Waals surface area contributed by atoms with Crippen molar-refractivity contribution in [3.8, 4) is 17.2 Å². The number of nitrogens with one attached hydrogen (secondary N) is 1. The number of nitrogens with zero attached hydrogens (tertiary/aromatic N) is 2. The fourth-order valence-corrected chi connectivity index (χ4v) is 4.26. The van der Waals surface area contributed by atoms with E-state index < -0.39 is 0 Å². The topological polar surface area (TPSA) is 82.0 Å². The lowest BCUT2D eigenvalue weighted by Crippen LogP contribution is -2.19. The van der Waals surface area contributed by atoms with Gasteiger partial charge in [0.1, 0.15) is 5.75 Å². The van der Waals surface area contributed by atoms with Gasteiger partial charge in [0.15, 0.2) is 15.8 Å². The van der Waals surface area contributed by atoms with E-state index in [0.717, 1.165) is 14.6 Å². The number of thiazole rings is 1. The Morgan fingerprint density at radius 1 is 1.14 bits per heavy atom. The molecular weight excluding hydrogens is 398 g/mol. The Balaban J connectivity index is 1.60. The zero-order chi connectivity index (χ0) is 19.9. The Bertz CT molecular complexity index is 971. The number of carbonyl (C=O) groups is 1. The Morgan fingerprint density at radius 2 is 1.86 bits per heavy atom. The predicted octanol–water partition coefficient (Wildman–Crippen LogP) is 3.56. The molecule has 0 aliphatic carbocycles. The van der Waals surface area contributed by atoms with E-state index in [4.69, 9.17) is 14.2 Å². The molecule has 0 bridgehead atoms. The first-order valence-electron chi connectivity index (χ1n) is 8.25. The number of hydrogen-bond acceptors (Lipinski definition) is 8. The molecule has 0 aliphatic heterocycles. The van der Waals surface area contributed by atoms with Gasteiger partial charge in [0.25, 0.3) is 5.91 Å². The van der Waals surface area contributed by atoms with Gasteiger partial charge in [0.05, 0.1) is 43.5 Å². The Labute approximate surface area is 170 Å². The number of amides is 1. The van der Waals surface area contributed by atoms with Crippen molar-refractivity contribution in [2.75, 3.05) is 27.1 Å². The molecule has 146 valence electrons. The maximum atomic E-state index is 12.1. The van der Waals surface area contributed by atoms with Crippen LogP contribution in [0, 0.1) is 0 Å². The van der Waals surface area contributed by atoms with Crippen LogP contribution in [-0.2, 0) is 4.79 Å². The number of thioether (sulfide) groups is 1. The summed E-state index contributed by atoms with van der Waals surface area (Å²) in [4.78, 5) is 16.5. The van der Waals surface area contributed by atoms with Gasteiger partial charge in [-0.25, -0.2) is 10.4 Å². The summed E-state index contributed by atoms with van der Waals surface area (Å²) in [5.74, 6) is 1.65. The highest BCUT2D eigenvalue weighted by atomic mass is 32.2. The van der Waals surface area contributed by atoms with Gasteiger partial charge < -0.3 is 14.2 Å². The Hall–Kier alpha value is -2.78. The molecule has 0 unspecified atom stereocenters. The number of benzene rings is 2. The molecule has 0 saturated heterocycles. The minimum Gasteiger partial charge on any atom is -0.496 e. The summed E-state index contributed by atoms with van der Waals surface area (Å²) in [6, 6.07) is 11.3. The maximum Gasteiger partial charge on any atom is 0.250 e. The summed E-state index contributed by atoms with van der Waals surface area (Å²) < 4.78 is 17.8. The normalized spacial score (nSPS) is 11.0. The second-order valence-electron chi connectivity index (χ2n) is 5.48. The fourth-order valence-electron chi connectivity index (χ4n) is 2.40. The average Bonchev–Trinajstić information content (AvgIpc) is 3.14. The third-order valence-electron chi connectivity index (χ3n) is 3.73. The summed E-state index contributed by atoms with van der Waals surface area (Å²) >= 11 is 2.94. The molecule has 0 radical (unpaired) electrons. The van der Waals surface area contributed by atoms with Crippen molar-refractivity contribution in [1.82, 2.24) is 10.4 Å². The van der Waals surface area contributed by atoms with E-state index in [1.165, 1.54) is 18.0 Å². The molecule has 0 atom stereocenters. The van der Waals surface area contributed by atoms with E-state index in [-0.39, 0.29) is 11.7 Å².